The SMILES string of the molecule is CCc1cccc(NC(=O)C(=O)NC(C)CCO)c1. The van der Waals surface area contributed by atoms with E-state index < -0.39 is 11.8 Å². The number of anilines is 1. The summed E-state index contributed by atoms with van der Waals surface area (Å²) in [5, 5.41) is 13.8. The van der Waals surface area contributed by atoms with Crippen LogP contribution in [0.4, 0.5) is 5.69 Å². The van der Waals surface area contributed by atoms with Crippen molar-refractivity contribution < 1.29 is 14.7 Å². The fraction of sp³-hybridized carbons (Fsp3) is 0.429. The van der Waals surface area contributed by atoms with Gasteiger partial charge in [-0.2, -0.15) is 0 Å². The van der Waals surface area contributed by atoms with E-state index in [0.29, 0.717) is 12.1 Å². The second kappa shape index (κ2) is 7.53. The number of aryl methyl sites for hydroxylation is 1. The molecule has 0 radical (unpaired) electrons. The van der Waals surface area contributed by atoms with Crippen LogP contribution in [-0.2, 0) is 16.0 Å². The number of hydrogen-bond acceptors (Lipinski definition) is 3. The summed E-state index contributed by atoms with van der Waals surface area (Å²) in [7, 11) is 0. The number of benzene rings is 1. The average Bonchev–Trinajstić information content (AvgIpc) is 2.39. The lowest BCUT2D eigenvalue weighted by Gasteiger charge is -2.12. The third-order valence-corrected chi connectivity index (χ3v) is 2.74. The van der Waals surface area contributed by atoms with Crippen molar-refractivity contribution in [3.05, 3.63) is 29.8 Å². The summed E-state index contributed by atoms with van der Waals surface area (Å²) in [6, 6.07) is 7.13. The van der Waals surface area contributed by atoms with Gasteiger partial charge in [-0.15, -0.1) is 0 Å². The number of carbonyl (C=O) groups excluding carboxylic acids is 2. The molecule has 104 valence electrons. The Morgan fingerprint density at radius 3 is 2.68 bits per heavy atom. The number of hydrogen-bond donors (Lipinski definition) is 3. The van der Waals surface area contributed by atoms with Crippen LogP contribution < -0.4 is 10.6 Å². The van der Waals surface area contributed by atoms with Gasteiger partial charge in [0.05, 0.1) is 0 Å². The monoisotopic (exact) mass is 264 g/mol. The van der Waals surface area contributed by atoms with Crippen LogP contribution in [0.1, 0.15) is 25.8 Å². The van der Waals surface area contributed by atoms with Crippen LogP contribution in [0.25, 0.3) is 0 Å². The van der Waals surface area contributed by atoms with E-state index in [1.165, 1.54) is 0 Å². The molecule has 1 aromatic carbocycles. The van der Waals surface area contributed by atoms with Gasteiger partial charge < -0.3 is 15.7 Å². The molecule has 0 saturated carbocycles. The number of carbonyl (C=O) groups is 2. The minimum absolute atomic E-state index is 0.0262. The van der Waals surface area contributed by atoms with Gasteiger partial charge in [0.15, 0.2) is 0 Å². The molecule has 1 rings (SSSR count). The maximum Gasteiger partial charge on any atom is 0.313 e. The van der Waals surface area contributed by atoms with Crippen LogP contribution in [0.5, 0.6) is 0 Å². The number of aliphatic hydroxyl groups is 1. The molecule has 0 bridgehead atoms. The second-order valence-electron chi connectivity index (χ2n) is 4.39. The van der Waals surface area contributed by atoms with Crippen molar-refractivity contribution in [1.29, 1.82) is 0 Å². The fourth-order valence-electron chi connectivity index (χ4n) is 1.61. The van der Waals surface area contributed by atoms with Crippen molar-refractivity contribution in [2.45, 2.75) is 32.7 Å². The van der Waals surface area contributed by atoms with Crippen molar-refractivity contribution in [2.24, 2.45) is 0 Å². The summed E-state index contributed by atoms with van der Waals surface area (Å²) >= 11 is 0. The first-order chi connectivity index (χ1) is 9.06. The number of amides is 2. The minimum atomic E-state index is -0.696. The lowest BCUT2D eigenvalue weighted by Crippen LogP contribution is -2.40. The number of nitrogens with one attached hydrogen (secondary N) is 2. The first kappa shape index (κ1) is 15.2. The zero-order valence-corrected chi connectivity index (χ0v) is 11.3. The Labute approximate surface area is 113 Å². The molecule has 0 aromatic heterocycles. The molecule has 0 fully saturated rings. The largest absolute Gasteiger partial charge is 0.396 e. The van der Waals surface area contributed by atoms with E-state index in [4.69, 9.17) is 5.11 Å². The summed E-state index contributed by atoms with van der Waals surface area (Å²) in [4.78, 5) is 23.2. The van der Waals surface area contributed by atoms with Crippen LogP contribution in [0.2, 0.25) is 0 Å². The van der Waals surface area contributed by atoms with Gasteiger partial charge in [0, 0.05) is 18.3 Å². The molecule has 1 atom stereocenters. The van der Waals surface area contributed by atoms with Crippen molar-refractivity contribution in [1.82, 2.24) is 5.32 Å². The number of aliphatic hydroxyl groups excluding tert-OH is 1. The summed E-state index contributed by atoms with van der Waals surface area (Å²) < 4.78 is 0. The zero-order chi connectivity index (χ0) is 14.3. The molecular weight excluding hydrogens is 244 g/mol. The third kappa shape index (κ3) is 5.09. The van der Waals surface area contributed by atoms with Gasteiger partial charge in [0.2, 0.25) is 0 Å². The van der Waals surface area contributed by atoms with Gasteiger partial charge in [-0.05, 0) is 37.5 Å². The molecule has 5 nitrogen and oxygen atoms in total. The first-order valence-corrected chi connectivity index (χ1v) is 6.38. The average molecular weight is 264 g/mol. The Morgan fingerprint density at radius 2 is 2.05 bits per heavy atom. The molecule has 19 heavy (non-hydrogen) atoms. The molecule has 0 aliphatic rings. The van der Waals surface area contributed by atoms with Crippen LogP contribution in [0, 0.1) is 0 Å². The van der Waals surface area contributed by atoms with Gasteiger partial charge in [0.1, 0.15) is 0 Å². The maximum atomic E-state index is 11.7. The lowest BCUT2D eigenvalue weighted by molar-refractivity contribution is -0.136. The van der Waals surface area contributed by atoms with Crippen LogP contribution in [-0.4, -0.2) is 29.6 Å². The molecule has 2 amide bonds. The third-order valence-electron chi connectivity index (χ3n) is 2.74. The normalized spacial score (nSPS) is 11.7. The van der Waals surface area contributed by atoms with Crippen LogP contribution >= 0.6 is 0 Å². The van der Waals surface area contributed by atoms with Crippen LogP contribution in [0.3, 0.4) is 0 Å². The molecule has 0 saturated heterocycles. The second-order valence-corrected chi connectivity index (χ2v) is 4.39. The quantitative estimate of drug-likeness (QED) is 0.696. The van der Waals surface area contributed by atoms with Gasteiger partial charge in [-0.3, -0.25) is 9.59 Å². The smallest absolute Gasteiger partial charge is 0.313 e. The summed E-state index contributed by atoms with van der Waals surface area (Å²) in [6.45, 7) is 3.73. The molecule has 1 aromatic rings. The zero-order valence-electron chi connectivity index (χ0n) is 11.3. The van der Waals surface area contributed by atoms with E-state index in [-0.39, 0.29) is 12.6 Å². The summed E-state index contributed by atoms with van der Waals surface area (Å²) in [6.07, 6.45) is 1.29. The first-order valence-electron chi connectivity index (χ1n) is 6.38. The molecule has 5 heteroatoms. The van der Waals surface area contributed by atoms with E-state index >= 15 is 0 Å². The predicted molar refractivity (Wildman–Crippen MR) is 73.8 cm³/mol. The summed E-state index contributed by atoms with van der Waals surface area (Å²) in [5.41, 5.74) is 1.70. The topological polar surface area (TPSA) is 78.4 Å². The molecule has 0 aliphatic heterocycles. The Hall–Kier alpha value is -1.88. The molecule has 1 unspecified atom stereocenters. The highest BCUT2D eigenvalue weighted by atomic mass is 16.3. The molecular formula is C14H20N2O3. The fourth-order valence-corrected chi connectivity index (χ4v) is 1.61. The van der Waals surface area contributed by atoms with Gasteiger partial charge in [-0.25, -0.2) is 0 Å². The summed E-state index contributed by atoms with van der Waals surface area (Å²) in [5.74, 6) is -1.39. The van der Waals surface area contributed by atoms with Crippen LogP contribution in [0.15, 0.2) is 24.3 Å². The Morgan fingerprint density at radius 1 is 1.32 bits per heavy atom. The van der Waals surface area contributed by atoms with E-state index in [1.807, 2.05) is 25.1 Å². The molecule has 0 spiro atoms. The Balaban J connectivity index is 2.56. The minimum Gasteiger partial charge on any atom is -0.396 e. The molecule has 0 aliphatic carbocycles. The van der Waals surface area contributed by atoms with Crippen molar-refractivity contribution in [3.8, 4) is 0 Å². The van der Waals surface area contributed by atoms with Gasteiger partial charge in [0.25, 0.3) is 0 Å². The van der Waals surface area contributed by atoms with Gasteiger partial charge >= 0.3 is 11.8 Å². The predicted octanol–water partition coefficient (Wildman–Crippen LogP) is 1.07. The van der Waals surface area contributed by atoms with Gasteiger partial charge in [-0.1, -0.05) is 19.1 Å². The Kier molecular flexibility index (Phi) is 6.02. The highest BCUT2D eigenvalue weighted by Gasteiger charge is 2.15. The highest BCUT2D eigenvalue weighted by molar-refractivity contribution is 6.39. The molecule has 0 heterocycles. The van der Waals surface area contributed by atoms with E-state index in [1.54, 1.807) is 13.0 Å². The van der Waals surface area contributed by atoms with E-state index in [9.17, 15) is 9.59 Å². The van der Waals surface area contributed by atoms with Crippen molar-refractivity contribution in [3.63, 3.8) is 0 Å². The maximum absolute atomic E-state index is 11.7. The number of rotatable bonds is 5. The lowest BCUT2D eigenvalue weighted by atomic mass is 10.1. The van der Waals surface area contributed by atoms with Crippen molar-refractivity contribution in [2.75, 3.05) is 11.9 Å². The highest BCUT2D eigenvalue weighted by Crippen LogP contribution is 2.10. The van der Waals surface area contributed by atoms with E-state index in [0.717, 1.165) is 12.0 Å². The Bertz CT molecular complexity index is 446. The van der Waals surface area contributed by atoms with E-state index in [2.05, 4.69) is 10.6 Å². The molecule has 3 N–H and O–H groups in total. The standard InChI is InChI=1S/C14H20N2O3/c1-3-11-5-4-6-12(9-11)16-14(19)13(18)15-10(2)7-8-17/h4-6,9-10,17H,3,7-8H2,1-2H3,(H,15,18)(H,16,19). The van der Waals surface area contributed by atoms with Crippen molar-refractivity contribution >= 4 is 17.5 Å².